The quantitative estimate of drug-likeness (QED) is 0.618. The maximum atomic E-state index is 11.0. The van der Waals surface area contributed by atoms with Gasteiger partial charge in [0.1, 0.15) is 9.79 Å². The molecule has 0 atom stereocenters. The summed E-state index contributed by atoms with van der Waals surface area (Å²) >= 11 is 0. The van der Waals surface area contributed by atoms with E-state index < -0.39 is 41.5 Å². The first-order chi connectivity index (χ1) is 7.55. The van der Waals surface area contributed by atoms with Gasteiger partial charge in [0.25, 0.3) is 20.2 Å². The molecule has 94 valence electrons. The molecule has 10 heteroatoms. The van der Waals surface area contributed by atoms with Crippen molar-refractivity contribution in [3.8, 4) is 0 Å². The Morgan fingerprint density at radius 3 is 1.94 bits per heavy atom. The van der Waals surface area contributed by atoms with Gasteiger partial charge in [0.2, 0.25) is 5.91 Å². The normalized spacial score (nSPS) is 12.4. The maximum absolute atomic E-state index is 11.0. The van der Waals surface area contributed by atoms with Crippen LogP contribution in [0.25, 0.3) is 0 Å². The van der Waals surface area contributed by atoms with Crippen molar-refractivity contribution in [2.45, 2.75) is 9.79 Å². The van der Waals surface area contributed by atoms with E-state index in [0.29, 0.717) is 6.07 Å². The predicted molar refractivity (Wildman–Crippen MR) is 54.6 cm³/mol. The maximum Gasteiger partial charge on any atom is 0.296 e. The molecule has 0 radical (unpaired) electrons. The van der Waals surface area contributed by atoms with Crippen molar-refractivity contribution in [2.75, 3.05) is 0 Å². The summed E-state index contributed by atoms with van der Waals surface area (Å²) in [6, 6.07) is 2.61. The van der Waals surface area contributed by atoms with Crippen LogP contribution in [0.4, 0.5) is 0 Å². The summed E-state index contributed by atoms with van der Waals surface area (Å²) in [6.07, 6.45) is 0. The lowest BCUT2D eigenvalue weighted by Gasteiger charge is -2.07. The van der Waals surface area contributed by atoms with Gasteiger partial charge in [-0.3, -0.25) is 13.9 Å². The van der Waals surface area contributed by atoms with E-state index >= 15 is 0 Å². The fourth-order valence-electron chi connectivity index (χ4n) is 1.18. The molecule has 0 unspecified atom stereocenters. The van der Waals surface area contributed by atoms with Crippen LogP contribution >= 0.6 is 0 Å². The molecule has 1 aromatic carbocycles. The molecule has 8 nitrogen and oxygen atoms in total. The summed E-state index contributed by atoms with van der Waals surface area (Å²) in [4.78, 5) is 8.56. The number of carbonyl (C=O) groups is 1. The van der Waals surface area contributed by atoms with Crippen LogP contribution in [-0.4, -0.2) is 31.8 Å². The Balaban J connectivity index is 3.90. The van der Waals surface area contributed by atoms with Crippen molar-refractivity contribution in [3.05, 3.63) is 23.8 Å². The molecule has 0 bridgehead atoms. The minimum Gasteiger partial charge on any atom is -0.366 e. The second-order valence-electron chi connectivity index (χ2n) is 2.95. The smallest absolute Gasteiger partial charge is 0.296 e. The highest BCUT2D eigenvalue weighted by Gasteiger charge is 2.28. The zero-order valence-corrected chi connectivity index (χ0v) is 9.69. The zero-order chi connectivity index (χ0) is 13.4. The van der Waals surface area contributed by atoms with Gasteiger partial charge in [-0.25, -0.2) is 0 Å². The van der Waals surface area contributed by atoms with E-state index in [1.165, 1.54) is 0 Å². The highest BCUT2D eigenvalue weighted by molar-refractivity contribution is 7.89. The molecule has 0 saturated carbocycles. The third-order valence-electron chi connectivity index (χ3n) is 1.78. The lowest BCUT2D eigenvalue weighted by Crippen LogP contribution is -2.19. The summed E-state index contributed by atoms with van der Waals surface area (Å²) in [5, 5.41) is 0. The van der Waals surface area contributed by atoms with Gasteiger partial charge in [-0.15, -0.1) is 0 Å². The van der Waals surface area contributed by atoms with Crippen LogP contribution in [0.5, 0.6) is 0 Å². The van der Waals surface area contributed by atoms with Gasteiger partial charge in [0, 0.05) is 0 Å². The van der Waals surface area contributed by atoms with Gasteiger partial charge in [-0.2, -0.15) is 16.8 Å². The van der Waals surface area contributed by atoms with E-state index in [1.54, 1.807) is 0 Å². The van der Waals surface area contributed by atoms with Crippen molar-refractivity contribution >= 4 is 26.1 Å². The summed E-state index contributed by atoms with van der Waals surface area (Å²) in [5.74, 6) is -1.26. The van der Waals surface area contributed by atoms with Crippen molar-refractivity contribution in [3.63, 3.8) is 0 Å². The molecule has 0 aliphatic heterocycles. The van der Waals surface area contributed by atoms with Crippen LogP contribution in [0.1, 0.15) is 10.4 Å². The molecule has 17 heavy (non-hydrogen) atoms. The van der Waals surface area contributed by atoms with Gasteiger partial charge in [-0.05, 0) is 12.1 Å². The predicted octanol–water partition coefficient (Wildman–Crippen LogP) is -0.721. The summed E-state index contributed by atoms with van der Waals surface area (Å²) < 4.78 is 61.4. The fraction of sp³-hybridized carbons (Fsp3) is 0. The lowest BCUT2D eigenvalue weighted by molar-refractivity contribution is 0.0996. The van der Waals surface area contributed by atoms with Crippen molar-refractivity contribution < 1.29 is 30.7 Å². The number of amides is 1. The molecular formula is C7H7NO7S2. The number of primary amides is 1. The second-order valence-corrected chi connectivity index (χ2v) is 5.70. The summed E-state index contributed by atoms with van der Waals surface area (Å²) in [5.41, 5.74) is 4.10. The largest absolute Gasteiger partial charge is 0.366 e. The SMILES string of the molecule is NC(=O)c1cccc(S(=O)(=O)O)c1S(=O)(=O)O. The van der Waals surface area contributed by atoms with E-state index in [-0.39, 0.29) is 0 Å². The highest BCUT2D eigenvalue weighted by atomic mass is 32.2. The van der Waals surface area contributed by atoms with E-state index in [1.807, 2.05) is 0 Å². The standard InChI is InChI=1S/C7H7NO7S2/c8-7(9)4-2-1-3-5(16(10,11)12)6(4)17(13,14)15/h1-3H,(H2,8,9)(H,10,11,12)(H,13,14,15). The molecule has 1 aromatic rings. The molecule has 4 N–H and O–H groups in total. The molecule has 0 heterocycles. The first kappa shape index (κ1) is 13.6. The number of rotatable bonds is 3. The van der Waals surface area contributed by atoms with E-state index in [0.717, 1.165) is 12.1 Å². The number of hydrogen-bond acceptors (Lipinski definition) is 5. The molecule has 0 aliphatic rings. The Morgan fingerprint density at radius 2 is 1.59 bits per heavy atom. The number of carbonyl (C=O) groups excluding carboxylic acids is 1. The molecule has 0 fully saturated rings. The Bertz CT molecular complexity index is 674. The molecular weight excluding hydrogens is 274 g/mol. The van der Waals surface area contributed by atoms with Crippen molar-refractivity contribution in [2.24, 2.45) is 5.73 Å². The number of benzene rings is 1. The molecule has 0 aromatic heterocycles. The Labute approximate surface area is 96.6 Å². The monoisotopic (exact) mass is 281 g/mol. The van der Waals surface area contributed by atoms with Gasteiger partial charge < -0.3 is 5.73 Å². The first-order valence-electron chi connectivity index (χ1n) is 3.93. The molecule has 0 saturated heterocycles. The van der Waals surface area contributed by atoms with Crippen LogP contribution in [0.2, 0.25) is 0 Å². The van der Waals surface area contributed by atoms with Gasteiger partial charge in [-0.1, -0.05) is 6.07 Å². The minimum absolute atomic E-state index is 0.713. The van der Waals surface area contributed by atoms with Crippen LogP contribution in [0.15, 0.2) is 28.0 Å². The Morgan fingerprint density at radius 1 is 1.06 bits per heavy atom. The van der Waals surface area contributed by atoms with Crippen LogP contribution in [-0.2, 0) is 20.2 Å². The molecule has 1 amide bonds. The Kier molecular flexibility index (Phi) is 3.25. The number of hydrogen-bond donors (Lipinski definition) is 3. The van der Waals surface area contributed by atoms with Gasteiger partial charge in [0.15, 0.2) is 0 Å². The Hall–Kier alpha value is -1.49. The fourth-order valence-corrected chi connectivity index (χ4v) is 3.17. The molecule has 0 spiro atoms. The second kappa shape index (κ2) is 4.07. The van der Waals surface area contributed by atoms with Gasteiger partial charge in [0.05, 0.1) is 5.56 Å². The first-order valence-corrected chi connectivity index (χ1v) is 6.81. The molecule has 0 aliphatic carbocycles. The third-order valence-corrected chi connectivity index (χ3v) is 3.76. The topological polar surface area (TPSA) is 152 Å². The van der Waals surface area contributed by atoms with Crippen LogP contribution in [0, 0.1) is 0 Å². The van der Waals surface area contributed by atoms with Crippen LogP contribution in [0.3, 0.4) is 0 Å². The lowest BCUT2D eigenvalue weighted by atomic mass is 10.2. The average molecular weight is 281 g/mol. The number of nitrogens with two attached hydrogens (primary N) is 1. The van der Waals surface area contributed by atoms with Gasteiger partial charge >= 0.3 is 0 Å². The third kappa shape index (κ3) is 2.79. The average Bonchev–Trinajstić information content (AvgIpc) is 2.13. The molecule has 1 rings (SSSR count). The zero-order valence-electron chi connectivity index (χ0n) is 8.06. The highest BCUT2D eigenvalue weighted by Crippen LogP contribution is 2.24. The minimum atomic E-state index is -5.03. The van der Waals surface area contributed by atoms with Crippen molar-refractivity contribution in [1.29, 1.82) is 0 Å². The summed E-state index contributed by atoms with van der Waals surface area (Å²) in [7, 11) is -9.95. The van der Waals surface area contributed by atoms with Crippen LogP contribution < -0.4 is 5.73 Å². The van der Waals surface area contributed by atoms with E-state index in [4.69, 9.17) is 14.8 Å². The summed E-state index contributed by atoms with van der Waals surface area (Å²) in [6.45, 7) is 0. The van der Waals surface area contributed by atoms with E-state index in [9.17, 15) is 21.6 Å². The van der Waals surface area contributed by atoms with Crippen molar-refractivity contribution in [1.82, 2.24) is 0 Å². The van der Waals surface area contributed by atoms with E-state index in [2.05, 4.69) is 0 Å².